The molecule has 12 heteroatoms. The number of nitrogens with two attached hydrogens (primary N) is 1. The number of piperidine rings is 1. The van der Waals surface area contributed by atoms with Gasteiger partial charge in [0, 0.05) is 24.7 Å². The van der Waals surface area contributed by atoms with E-state index >= 15 is 0 Å². The van der Waals surface area contributed by atoms with Gasteiger partial charge in [-0.15, -0.1) is 0 Å². The maximum atomic E-state index is 12.9. The van der Waals surface area contributed by atoms with Gasteiger partial charge < -0.3 is 15.0 Å². The smallest absolute Gasteiger partial charge is 0.310 e. The molecule has 3 aromatic rings. The third-order valence-electron chi connectivity index (χ3n) is 5.39. The molecule has 0 radical (unpaired) electrons. The number of sulfonamides is 1. The molecule has 1 unspecified atom stereocenters. The molecule has 1 fully saturated rings. The van der Waals surface area contributed by atoms with Gasteiger partial charge in [0.1, 0.15) is 11.8 Å². The van der Waals surface area contributed by atoms with E-state index in [0.29, 0.717) is 54.4 Å². The summed E-state index contributed by atoms with van der Waals surface area (Å²) in [5.74, 6) is -0.564. The van der Waals surface area contributed by atoms with Crippen molar-refractivity contribution < 1.29 is 17.9 Å². The average molecular weight is 479 g/mol. The molecule has 0 bridgehead atoms. The molecule has 1 aromatic carbocycles. The standard InChI is InChI=1S/C20H23ClN6O4S/c21-15-4-6-16(7-5-15)32(29,30)27-9-1-3-14(11-27)20(28)31-10-2-8-26-13-25-17-18(22)23-12-24-19(17)26/h4-7,12-14H,1-3,8-11H2,(H2,22,23,24). The fraction of sp³-hybridized carbons (Fsp3) is 0.400. The number of ether oxygens (including phenoxy) is 1. The lowest BCUT2D eigenvalue weighted by Crippen LogP contribution is -2.42. The van der Waals surface area contributed by atoms with Crippen LogP contribution in [0.5, 0.6) is 0 Å². The molecule has 2 aromatic heterocycles. The largest absolute Gasteiger partial charge is 0.465 e. The summed E-state index contributed by atoms with van der Waals surface area (Å²) in [6.45, 7) is 1.22. The normalized spacial score (nSPS) is 17.5. The molecule has 4 rings (SSSR count). The molecular formula is C20H23ClN6O4S. The van der Waals surface area contributed by atoms with Crippen LogP contribution < -0.4 is 5.73 Å². The van der Waals surface area contributed by atoms with Gasteiger partial charge >= 0.3 is 5.97 Å². The van der Waals surface area contributed by atoms with Crippen LogP contribution in [0.2, 0.25) is 5.02 Å². The van der Waals surface area contributed by atoms with Crippen LogP contribution in [0.3, 0.4) is 0 Å². The van der Waals surface area contributed by atoms with E-state index in [9.17, 15) is 13.2 Å². The minimum Gasteiger partial charge on any atom is -0.465 e. The first kappa shape index (κ1) is 22.4. The summed E-state index contributed by atoms with van der Waals surface area (Å²) in [5, 5.41) is 0.462. The molecule has 32 heavy (non-hydrogen) atoms. The number of halogens is 1. The van der Waals surface area contributed by atoms with E-state index < -0.39 is 15.9 Å². The van der Waals surface area contributed by atoms with Crippen molar-refractivity contribution in [2.75, 3.05) is 25.4 Å². The van der Waals surface area contributed by atoms with Crippen molar-refractivity contribution in [2.24, 2.45) is 5.92 Å². The topological polar surface area (TPSA) is 133 Å². The minimum atomic E-state index is -3.69. The molecule has 2 N–H and O–H groups in total. The molecule has 10 nitrogen and oxygen atoms in total. The molecule has 0 saturated carbocycles. The Bertz CT molecular complexity index is 1210. The molecule has 0 aliphatic carbocycles. The number of carbonyl (C=O) groups is 1. The number of hydrogen-bond acceptors (Lipinski definition) is 8. The van der Waals surface area contributed by atoms with Crippen LogP contribution >= 0.6 is 11.6 Å². The van der Waals surface area contributed by atoms with Crippen molar-refractivity contribution in [1.29, 1.82) is 0 Å². The number of benzene rings is 1. The summed E-state index contributed by atoms with van der Waals surface area (Å²) in [7, 11) is -3.69. The number of rotatable bonds is 7. The molecule has 1 aliphatic heterocycles. The second-order valence-electron chi connectivity index (χ2n) is 7.55. The number of imidazole rings is 1. The second-order valence-corrected chi connectivity index (χ2v) is 9.92. The Kier molecular flexibility index (Phi) is 6.58. The lowest BCUT2D eigenvalue weighted by atomic mass is 10.00. The summed E-state index contributed by atoms with van der Waals surface area (Å²) in [6, 6.07) is 6.01. The number of fused-ring (bicyclic) bond motifs is 1. The zero-order chi connectivity index (χ0) is 22.7. The molecule has 3 heterocycles. The van der Waals surface area contributed by atoms with Crippen LogP contribution in [0.4, 0.5) is 5.82 Å². The van der Waals surface area contributed by atoms with Crippen molar-refractivity contribution in [3.05, 3.63) is 41.9 Å². The predicted octanol–water partition coefficient (Wildman–Crippen LogP) is 2.10. The monoisotopic (exact) mass is 478 g/mol. The molecule has 0 amide bonds. The lowest BCUT2D eigenvalue weighted by molar-refractivity contribution is -0.149. The van der Waals surface area contributed by atoms with E-state index in [1.807, 2.05) is 4.57 Å². The second kappa shape index (κ2) is 9.39. The quantitative estimate of drug-likeness (QED) is 0.403. The number of aryl methyl sites for hydroxylation is 1. The van der Waals surface area contributed by atoms with Crippen molar-refractivity contribution >= 4 is 44.6 Å². The summed E-state index contributed by atoms with van der Waals surface area (Å²) in [6.07, 6.45) is 4.74. The van der Waals surface area contributed by atoms with Crippen molar-refractivity contribution in [3.63, 3.8) is 0 Å². The van der Waals surface area contributed by atoms with Crippen molar-refractivity contribution in [3.8, 4) is 0 Å². The fourth-order valence-corrected chi connectivity index (χ4v) is 5.35. The van der Waals surface area contributed by atoms with Gasteiger partial charge in [-0.05, 0) is 43.5 Å². The lowest BCUT2D eigenvalue weighted by Gasteiger charge is -2.30. The first-order chi connectivity index (χ1) is 15.4. The number of anilines is 1. The van der Waals surface area contributed by atoms with E-state index in [0.717, 1.165) is 0 Å². The summed E-state index contributed by atoms with van der Waals surface area (Å²) in [4.78, 5) is 25.0. The van der Waals surface area contributed by atoms with Gasteiger partial charge in [0.05, 0.1) is 23.7 Å². The Hall–Kier alpha value is -2.76. The van der Waals surface area contributed by atoms with Gasteiger partial charge in [0.15, 0.2) is 11.5 Å². The number of hydrogen-bond donors (Lipinski definition) is 1. The van der Waals surface area contributed by atoms with E-state index in [4.69, 9.17) is 22.1 Å². The molecule has 1 atom stereocenters. The van der Waals surface area contributed by atoms with Crippen molar-refractivity contribution in [1.82, 2.24) is 23.8 Å². The molecule has 1 saturated heterocycles. The molecule has 0 spiro atoms. The first-order valence-electron chi connectivity index (χ1n) is 10.2. The Balaban J connectivity index is 1.30. The van der Waals surface area contributed by atoms with Gasteiger partial charge in [-0.2, -0.15) is 4.31 Å². The van der Waals surface area contributed by atoms with E-state index in [2.05, 4.69) is 15.0 Å². The highest BCUT2D eigenvalue weighted by atomic mass is 35.5. The highest BCUT2D eigenvalue weighted by Crippen LogP contribution is 2.25. The number of nitrogen functional groups attached to an aromatic ring is 1. The number of nitrogens with zero attached hydrogens (tertiary/aromatic N) is 5. The van der Waals surface area contributed by atoms with Gasteiger partial charge in [-0.3, -0.25) is 4.79 Å². The average Bonchev–Trinajstić information content (AvgIpc) is 3.21. The van der Waals surface area contributed by atoms with Gasteiger partial charge in [0.25, 0.3) is 0 Å². The highest BCUT2D eigenvalue weighted by molar-refractivity contribution is 7.89. The van der Waals surface area contributed by atoms with E-state index in [-0.39, 0.29) is 24.0 Å². The zero-order valence-electron chi connectivity index (χ0n) is 17.2. The van der Waals surface area contributed by atoms with Crippen LogP contribution in [-0.2, 0) is 26.1 Å². The Labute approximate surface area is 190 Å². The Morgan fingerprint density at radius 2 is 2.00 bits per heavy atom. The maximum absolute atomic E-state index is 12.9. The Morgan fingerprint density at radius 1 is 1.22 bits per heavy atom. The molecule has 1 aliphatic rings. The first-order valence-corrected chi connectivity index (χ1v) is 12.0. The van der Waals surface area contributed by atoms with Crippen LogP contribution in [0.25, 0.3) is 11.2 Å². The highest BCUT2D eigenvalue weighted by Gasteiger charge is 2.34. The van der Waals surface area contributed by atoms with E-state index in [1.54, 1.807) is 6.33 Å². The number of carbonyl (C=O) groups excluding carboxylic acids is 1. The van der Waals surface area contributed by atoms with Crippen molar-refractivity contribution in [2.45, 2.75) is 30.7 Å². The minimum absolute atomic E-state index is 0.103. The molecular weight excluding hydrogens is 456 g/mol. The number of aromatic nitrogens is 4. The van der Waals surface area contributed by atoms with Crippen LogP contribution in [0, 0.1) is 5.92 Å². The Morgan fingerprint density at radius 3 is 2.78 bits per heavy atom. The number of esters is 1. The van der Waals surface area contributed by atoms with Crippen LogP contribution in [-0.4, -0.2) is 57.9 Å². The third kappa shape index (κ3) is 4.69. The van der Waals surface area contributed by atoms with E-state index in [1.165, 1.54) is 34.9 Å². The molecule has 170 valence electrons. The summed E-state index contributed by atoms with van der Waals surface area (Å²) < 4.78 is 34.4. The van der Waals surface area contributed by atoms with Crippen LogP contribution in [0.1, 0.15) is 19.3 Å². The summed E-state index contributed by atoms with van der Waals surface area (Å²) >= 11 is 5.85. The zero-order valence-corrected chi connectivity index (χ0v) is 18.8. The van der Waals surface area contributed by atoms with Crippen LogP contribution in [0.15, 0.2) is 41.8 Å². The SMILES string of the molecule is Nc1ncnc2c1ncn2CCCOC(=O)C1CCCN(S(=O)(=O)c2ccc(Cl)cc2)C1. The third-order valence-corrected chi connectivity index (χ3v) is 7.52. The fourth-order valence-electron chi connectivity index (χ4n) is 3.70. The summed E-state index contributed by atoms with van der Waals surface area (Å²) in [5.41, 5.74) is 6.94. The van der Waals surface area contributed by atoms with Gasteiger partial charge in [-0.25, -0.2) is 23.4 Å². The van der Waals surface area contributed by atoms with Gasteiger partial charge in [0.2, 0.25) is 10.0 Å². The van der Waals surface area contributed by atoms with Gasteiger partial charge in [-0.1, -0.05) is 11.6 Å². The predicted molar refractivity (Wildman–Crippen MR) is 118 cm³/mol. The maximum Gasteiger partial charge on any atom is 0.310 e.